The molecule has 2 saturated heterocycles. The van der Waals surface area contributed by atoms with Crippen molar-refractivity contribution >= 4 is 11.8 Å². The molecule has 0 saturated carbocycles. The molecule has 2 N–H and O–H groups in total. The molecule has 3 heterocycles. The van der Waals surface area contributed by atoms with E-state index >= 15 is 0 Å². The summed E-state index contributed by atoms with van der Waals surface area (Å²) in [5, 5.41) is 10.1. The molecule has 2 aliphatic heterocycles. The third-order valence-corrected chi connectivity index (χ3v) is 4.49. The van der Waals surface area contributed by atoms with E-state index in [0.29, 0.717) is 38.2 Å². The lowest BCUT2D eigenvalue weighted by molar-refractivity contribution is -0.131. The molecule has 0 atom stereocenters. The molecule has 3 rings (SSSR count). The Morgan fingerprint density at radius 2 is 2.18 bits per heavy atom. The van der Waals surface area contributed by atoms with Crippen LogP contribution in [0.3, 0.4) is 0 Å². The van der Waals surface area contributed by atoms with Crippen LogP contribution in [0.5, 0.6) is 0 Å². The van der Waals surface area contributed by atoms with Gasteiger partial charge in [0.15, 0.2) is 5.69 Å². The highest BCUT2D eigenvalue weighted by Gasteiger charge is 2.43. The number of aryl methyl sites for hydroxylation is 1. The van der Waals surface area contributed by atoms with Gasteiger partial charge in [0.25, 0.3) is 5.91 Å². The van der Waals surface area contributed by atoms with Crippen LogP contribution in [0.25, 0.3) is 0 Å². The van der Waals surface area contributed by atoms with E-state index in [-0.39, 0.29) is 11.8 Å². The predicted octanol–water partition coefficient (Wildman–Crippen LogP) is 0.321. The number of nitrogens with one attached hydrogen (secondary N) is 2. The summed E-state index contributed by atoms with van der Waals surface area (Å²) in [6.07, 6.45) is 3.00. The Kier molecular flexibility index (Phi) is 4.15. The van der Waals surface area contributed by atoms with Gasteiger partial charge >= 0.3 is 0 Å². The van der Waals surface area contributed by atoms with E-state index in [0.717, 1.165) is 25.1 Å². The SMILES string of the molecule is CCCc1cc(C(=O)N2CCC3(CC2)NCCNC3=O)no1. The Bertz CT molecular complexity index is 561. The van der Waals surface area contributed by atoms with Gasteiger partial charge in [-0.1, -0.05) is 12.1 Å². The zero-order valence-electron chi connectivity index (χ0n) is 12.9. The Morgan fingerprint density at radius 3 is 2.86 bits per heavy atom. The number of rotatable bonds is 3. The van der Waals surface area contributed by atoms with Crippen LogP contribution in [-0.4, -0.2) is 53.6 Å². The summed E-state index contributed by atoms with van der Waals surface area (Å²) in [4.78, 5) is 26.3. The number of carbonyl (C=O) groups is 2. The monoisotopic (exact) mass is 306 g/mol. The maximum Gasteiger partial charge on any atom is 0.276 e. The minimum atomic E-state index is -0.508. The molecule has 0 radical (unpaired) electrons. The van der Waals surface area contributed by atoms with Gasteiger partial charge in [-0.3, -0.25) is 9.59 Å². The van der Waals surface area contributed by atoms with Crippen molar-refractivity contribution in [1.29, 1.82) is 0 Å². The van der Waals surface area contributed by atoms with Gasteiger partial charge in [-0.25, -0.2) is 0 Å². The van der Waals surface area contributed by atoms with E-state index < -0.39 is 5.54 Å². The van der Waals surface area contributed by atoms with E-state index in [1.54, 1.807) is 11.0 Å². The first-order valence-corrected chi connectivity index (χ1v) is 7.93. The van der Waals surface area contributed by atoms with Gasteiger partial charge in [0.2, 0.25) is 5.91 Å². The molecule has 0 aromatic carbocycles. The van der Waals surface area contributed by atoms with Crippen molar-refractivity contribution in [3.05, 3.63) is 17.5 Å². The molecule has 2 amide bonds. The summed E-state index contributed by atoms with van der Waals surface area (Å²) in [5.74, 6) is 0.683. The van der Waals surface area contributed by atoms with Crippen LogP contribution in [-0.2, 0) is 11.2 Å². The molecular formula is C15H22N4O3. The standard InChI is InChI=1S/C15H22N4O3/c1-2-3-11-10-12(18-22-11)13(20)19-8-4-15(5-9-19)14(21)16-6-7-17-15/h10,17H,2-9H2,1H3,(H,16,21). The van der Waals surface area contributed by atoms with Crippen LogP contribution in [0.1, 0.15) is 42.4 Å². The average Bonchev–Trinajstić information content (AvgIpc) is 3.00. The second-order valence-corrected chi connectivity index (χ2v) is 5.99. The Hall–Kier alpha value is -1.89. The van der Waals surface area contributed by atoms with E-state index in [9.17, 15) is 9.59 Å². The molecule has 7 heteroatoms. The second kappa shape index (κ2) is 6.08. The van der Waals surface area contributed by atoms with Gasteiger partial charge in [0.1, 0.15) is 11.3 Å². The van der Waals surface area contributed by atoms with Crippen molar-refractivity contribution in [2.45, 2.75) is 38.1 Å². The van der Waals surface area contributed by atoms with Crippen LogP contribution in [0, 0.1) is 0 Å². The van der Waals surface area contributed by atoms with E-state index in [4.69, 9.17) is 4.52 Å². The summed E-state index contributed by atoms with van der Waals surface area (Å²) in [6, 6.07) is 1.72. The van der Waals surface area contributed by atoms with Crippen molar-refractivity contribution in [3.63, 3.8) is 0 Å². The van der Waals surface area contributed by atoms with Crippen LogP contribution in [0.4, 0.5) is 0 Å². The van der Waals surface area contributed by atoms with Gasteiger partial charge in [0.05, 0.1) is 0 Å². The number of aromatic nitrogens is 1. The zero-order valence-corrected chi connectivity index (χ0v) is 12.9. The first kappa shape index (κ1) is 15.0. The molecule has 0 bridgehead atoms. The lowest BCUT2D eigenvalue weighted by Gasteiger charge is -2.43. The third-order valence-electron chi connectivity index (χ3n) is 4.49. The van der Waals surface area contributed by atoms with E-state index in [1.165, 1.54) is 0 Å². The summed E-state index contributed by atoms with van der Waals surface area (Å²) >= 11 is 0. The van der Waals surface area contributed by atoms with Crippen LogP contribution in [0.15, 0.2) is 10.6 Å². The molecule has 1 aromatic rings. The summed E-state index contributed by atoms with van der Waals surface area (Å²) in [5.41, 5.74) is -0.146. The van der Waals surface area contributed by atoms with Crippen LogP contribution in [0.2, 0.25) is 0 Å². The van der Waals surface area contributed by atoms with Crippen LogP contribution >= 0.6 is 0 Å². The Labute approximate surface area is 129 Å². The van der Waals surface area contributed by atoms with Gasteiger partial charge in [-0.2, -0.15) is 0 Å². The van der Waals surface area contributed by atoms with Crippen molar-refractivity contribution < 1.29 is 14.1 Å². The van der Waals surface area contributed by atoms with Gasteiger partial charge in [-0.15, -0.1) is 0 Å². The van der Waals surface area contributed by atoms with Crippen molar-refractivity contribution in [3.8, 4) is 0 Å². The van der Waals surface area contributed by atoms with Crippen molar-refractivity contribution in [1.82, 2.24) is 20.7 Å². The van der Waals surface area contributed by atoms with Crippen molar-refractivity contribution in [2.75, 3.05) is 26.2 Å². The molecule has 7 nitrogen and oxygen atoms in total. The molecule has 2 aliphatic rings. The number of hydrogen-bond donors (Lipinski definition) is 2. The lowest BCUT2D eigenvalue weighted by atomic mass is 9.85. The molecule has 2 fully saturated rings. The molecule has 22 heavy (non-hydrogen) atoms. The van der Waals surface area contributed by atoms with E-state index in [2.05, 4.69) is 22.7 Å². The molecule has 0 unspecified atom stereocenters. The normalized spacial score (nSPS) is 21.0. The van der Waals surface area contributed by atoms with Gasteiger partial charge in [-0.05, 0) is 19.3 Å². The van der Waals surface area contributed by atoms with Gasteiger partial charge in [0, 0.05) is 38.7 Å². The number of carbonyl (C=O) groups excluding carboxylic acids is 2. The fourth-order valence-electron chi connectivity index (χ4n) is 3.16. The third kappa shape index (κ3) is 2.72. The average molecular weight is 306 g/mol. The second-order valence-electron chi connectivity index (χ2n) is 5.99. The minimum absolute atomic E-state index is 0.0533. The maximum absolute atomic E-state index is 12.5. The quantitative estimate of drug-likeness (QED) is 0.840. The Balaban J connectivity index is 1.62. The highest BCUT2D eigenvalue weighted by atomic mass is 16.5. The zero-order chi connectivity index (χ0) is 15.6. The number of likely N-dealkylation sites (tertiary alicyclic amines) is 1. The predicted molar refractivity (Wildman–Crippen MR) is 79.4 cm³/mol. The number of piperazine rings is 1. The number of hydrogen-bond acceptors (Lipinski definition) is 5. The molecule has 120 valence electrons. The highest BCUT2D eigenvalue weighted by Crippen LogP contribution is 2.25. The topological polar surface area (TPSA) is 87.5 Å². The van der Waals surface area contributed by atoms with E-state index in [1.807, 2.05) is 0 Å². The first-order chi connectivity index (χ1) is 10.6. The number of amides is 2. The van der Waals surface area contributed by atoms with Gasteiger partial charge < -0.3 is 20.1 Å². The number of nitrogens with zero attached hydrogens (tertiary/aromatic N) is 2. The lowest BCUT2D eigenvalue weighted by Crippen LogP contribution is -2.66. The largest absolute Gasteiger partial charge is 0.361 e. The summed E-state index contributed by atoms with van der Waals surface area (Å²) in [7, 11) is 0. The molecule has 0 aliphatic carbocycles. The molecular weight excluding hydrogens is 284 g/mol. The fraction of sp³-hybridized carbons (Fsp3) is 0.667. The summed E-state index contributed by atoms with van der Waals surface area (Å²) < 4.78 is 5.17. The molecule has 1 aromatic heterocycles. The molecule has 1 spiro atoms. The summed E-state index contributed by atoms with van der Waals surface area (Å²) in [6.45, 7) is 4.60. The minimum Gasteiger partial charge on any atom is -0.361 e. The van der Waals surface area contributed by atoms with Crippen LogP contribution < -0.4 is 10.6 Å². The Morgan fingerprint density at radius 1 is 1.41 bits per heavy atom. The van der Waals surface area contributed by atoms with Crippen molar-refractivity contribution in [2.24, 2.45) is 0 Å². The smallest absolute Gasteiger partial charge is 0.276 e. The first-order valence-electron chi connectivity index (χ1n) is 7.93. The fourth-order valence-corrected chi connectivity index (χ4v) is 3.16. The highest BCUT2D eigenvalue weighted by molar-refractivity contribution is 5.93. The number of piperidine rings is 1. The maximum atomic E-state index is 12.5.